The molecule has 19 heavy (non-hydrogen) atoms. The minimum Gasteiger partial charge on any atom is -0.457 e. The van der Waals surface area contributed by atoms with Crippen molar-refractivity contribution < 1.29 is 4.74 Å². The van der Waals surface area contributed by atoms with Crippen LogP contribution in [0, 0.1) is 11.3 Å². The highest BCUT2D eigenvalue weighted by Gasteiger charge is 2.44. The van der Waals surface area contributed by atoms with Crippen LogP contribution in [0.2, 0.25) is 0 Å². The van der Waals surface area contributed by atoms with Crippen molar-refractivity contribution in [1.82, 2.24) is 0 Å². The van der Waals surface area contributed by atoms with E-state index in [2.05, 4.69) is 6.07 Å². The zero-order valence-corrected chi connectivity index (χ0v) is 10.5. The Labute approximate surface area is 112 Å². The maximum Gasteiger partial charge on any atom is 0.127 e. The van der Waals surface area contributed by atoms with Crippen molar-refractivity contribution in [3.63, 3.8) is 0 Å². The van der Waals surface area contributed by atoms with E-state index in [0.29, 0.717) is 5.69 Å². The van der Waals surface area contributed by atoms with Gasteiger partial charge in [-0.1, -0.05) is 12.1 Å². The number of nitrogens with zero attached hydrogens (tertiary/aromatic N) is 1. The lowest BCUT2D eigenvalue weighted by Crippen LogP contribution is -2.01. The number of rotatable bonds is 3. The van der Waals surface area contributed by atoms with Gasteiger partial charge in [0, 0.05) is 5.69 Å². The third-order valence-corrected chi connectivity index (χ3v) is 3.49. The van der Waals surface area contributed by atoms with E-state index < -0.39 is 0 Å². The number of hydrogen-bond acceptors (Lipinski definition) is 3. The number of anilines is 1. The van der Waals surface area contributed by atoms with E-state index in [1.54, 1.807) is 12.1 Å². The molecule has 0 atom stereocenters. The first kappa shape index (κ1) is 11.6. The second-order valence-electron chi connectivity index (χ2n) is 4.89. The highest BCUT2D eigenvalue weighted by atomic mass is 16.5. The molecule has 2 aromatic rings. The van der Waals surface area contributed by atoms with Crippen LogP contribution in [0.3, 0.4) is 0 Å². The van der Waals surface area contributed by atoms with Crippen LogP contribution in [0.15, 0.2) is 48.5 Å². The van der Waals surface area contributed by atoms with E-state index in [-0.39, 0.29) is 5.41 Å². The summed E-state index contributed by atoms with van der Waals surface area (Å²) in [4.78, 5) is 0. The normalized spacial score (nSPS) is 15.5. The topological polar surface area (TPSA) is 59.0 Å². The Hall–Kier alpha value is -2.47. The van der Waals surface area contributed by atoms with Crippen molar-refractivity contribution in [2.24, 2.45) is 0 Å². The molecular weight excluding hydrogens is 236 g/mol. The summed E-state index contributed by atoms with van der Waals surface area (Å²) in [6, 6.07) is 17.4. The first-order valence-corrected chi connectivity index (χ1v) is 6.27. The van der Waals surface area contributed by atoms with Gasteiger partial charge in [0.1, 0.15) is 11.5 Å². The molecule has 1 fully saturated rings. The number of benzene rings is 2. The molecule has 2 N–H and O–H groups in total. The third-order valence-electron chi connectivity index (χ3n) is 3.49. The summed E-state index contributed by atoms with van der Waals surface area (Å²) in [7, 11) is 0. The van der Waals surface area contributed by atoms with Gasteiger partial charge in [0.15, 0.2) is 0 Å². The molecule has 3 heteroatoms. The molecule has 94 valence electrons. The van der Waals surface area contributed by atoms with Crippen LogP contribution in [0.1, 0.15) is 18.4 Å². The quantitative estimate of drug-likeness (QED) is 0.846. The van der Waals surface area contributed by atoms with Crippen molar-refractivity contribution in [1.29, 1.82) is 5.26 Å². The van der Waals surface area contributed by atoms with Gasteiger partial charge in [-0.15, -0.1) is 0 Å². The fourth-order valence-corrected chi connectivity index (χ4v) is 2.10. The van der Waals surface area contributed by atoms with Crippen molar-refractivity contribution in [3.05, 3.63) is 54.1 Å². The third kappa shape index (κ3) is 2.25. The molecule has 0 heterocycles. The van der Waals surface area contributed by atoms with Crippen LogP contribution in [-0.4, -0.2) is 0 Å². The summed E-state index contributed by atoms with van der Waals surface area (Å²) in [5, 5.41) is 9.15. The Morgan fingerprint density at radius 2 is 1.47 bits per heavy atom. The summed E-state index contributed by atoms with van der Waals surface area (Å²) in [5.74, 6) is 1.52. The van der Waals surface area contributed by atoms with Gasteiger partial charge in [0.05, 0.1) is 11.5 Å². The molecule has 0 aromatic heterocycles. The van der Waals surface area contributed by atoms with E-state index in [4.69, 9.17) is 15.7 Å². The Bertz CT molecular complexity index is 619. The van der Waals surface area contributed by atoms with Crippen molar-refractivity contribution in [2.75, 3.05) is 5.73 Å². The summed E-state index contributed by atoms with van der Waals surface area (Å²) in [6.45, 7) is 0. The molecule has 1 aliphatic carbocycles. The number of ether oxygens (including phenoxy) is 1. The minimum atomic E-state index is -0.236. The van der Waals surface area contributed by atoms with Crippen LogP contribution in [-0.2, 0) is 5.41 Å². The maximum absolute atomic E-state index is 9.15. The van der Waals surface area contributed by atoms with Gasteiger partial charge in [0.2, 0.25) is 0 Å². The average Bonchev–Trinajstić information content (AvgIpc) is 3.23. The summed E-state index contributed by atoms with van der Waals surface area (Å²) in [6.07, 6.45) is 1.92. The lowest BCUT2D eigenvalue weighted by molar-refractivity contribution is 0.482. The molecule has 0 unspecified atom stereocenters. The average molecular weight is 250 g/mol. The highest BCUT2D eigenvalue weighted by Crippen LogP contribution is 2.47. The largest absolute Gasteiger partial charge is 0.457 e. The Balaban J connectivity index is 1.76. The monoisotopic (exact) mass is 250 g/mol. The Kier molecular flexibility index (Phi) is 2.64. The predicted octanol–water partition coefficient (Wildman–Crippen LogP) is 3.62. The second-order valence-corrected chi connectivity index (χ2v) is 4.89. The minimum absolute atomic E-state index is 0.236. The lowest BCUT2D eigenvalue weighted by Gasteiger charge is -2.09. The SMILES string of the molecule is N#CC1(c2ccc(Oc3ccc(N)cc3)cc2)CC1. The smallest absolute Gasteiger partial charge is 0.127 e. The number of nitrogen functional groups attached to an aromatic ring is 1. The second kappa shape index (κ2) is 4.33. The van der Waals surface area contributed by atoms with Gasteiger partial charge in [-0.05, 0) is 54.8 Å². The maximum atomic E-state index is 9.15. The lowest BCUT2D eigenvalue weighted by atomic mass is 9.98. The van der Waals surface area contributed by atoms with Gasteiger partial charge in [-0.2, -0.15) is 5.26 Å². The van der Waals surface area contributed by atoms with E-state index in [1.165, 1.54) is 0 Å². The van der Waals surface area contributed by atoms with Crippen LogP contribution in [0.25, 0.3) is 0 Å². The molecule has 0 radical (unpaired) electrons. The van der Waals surface area contributed by atoms with Gasteiger partial charge in [-0.25, -0.2) is 0 Å². The van der Waals surface area contributed by atoms with Crippen LogP contribution < -0.4 is 10.5 Å². The fraction of sp³-hybridized carbons (Fsp3) is 0.188. The van der Waals surface area contributed by atoms with Gasteiger partial charge < -0.3 is 10.5 Å². The molecule has 0 saturated heterocycles. The standard InChI is InChI=1S/C16H14N2O/c17-11-16(9-10-16)12-1-5-14(6-2-12)19-15-7-3-13(18)4-8-15/h1-8H,9-10,18H2. The predicted molar refractivity (Wildman–Crippen MR) is 73.9 cm³/mol. The Morgan fingerprint density at radius 1 is 0.947 bits per heavy atom. The van der Waals surface area contributed by atoms with Crippen molar-refractivity contribution in [2.45, 2.75) is 18.3 Å². The van der Waals surface area contributed by atoms with E-state index in [9.17, 15) is 0 Å². The zero-order valence-electron chi connectivity index (χ0n) is 10.5. The molecule has 0 amide bonds. The zero-order chi connectivity index (χ0) is 13.3. The van der Waals surface area contributed by atoms with E-state index >= 15 is 0 Å². The van der Waals surface area contributed by atoms with Crippen LogP contribution >= 0.6 is 0 Å². The van der Waals surface area contributed by atoms with Crippen LogP contribution in [0.4, 0.5) is 5.69 Å². The molecule has 3 nitrogen and oxygen atoms in total. The molecular formula is C16H14N2O. The van der Waals surface area contributed by atoms with Gasteiger partial charge in [0.25, 0.3) is 0 Å². The summed E-state index contributed by atoms with van der Waals surface area (Å²) in [5.41, 5.74) is 7.19. The summed E-state index contributed by atoms with van der Waals surface area (Å²) < 4.78 is 5.72. The molecule has 0 bridgehead atoms. The van der Waals surface area contributed by atoms with Gasteiger partial charge in [-0.3, -0.25) is 0 Å². The highest BCUT2D eigenvalue weighted by molar-refractivity contribution is 5.45. The molecule has 2 aromatic carbocycles. The van der Waals surface area contributed by atoms with E-state index in [0.717, 1.165) is 29.9 Å². The first-order chi connectivity index (χ1) is 9.22. The number of hydrogen-bond donors (Lipinski definition) is 1. The van der Waals surface area contributed by atoms with Crippen LogP contribution in [0.5, 0.6) is 11.5 Å². The molecule has 0 spiro atoms. The van der Waals surface area contributed by atoms with Gasteiger partial charge >= 0.3 is 0 Å². The molecule has 1 aliphatic rings. The molecule has 1 saturated carbocycles. The van der Waals surface area contributed by atoms with E-state index in [1.807, 2.05) is 36.4 Å². The molecule has 0 aliphatic heterocycles. The first-order valence-electron chi connectivity index (χ1n) is 6.27. The Morgan fingerprint density at radius 3 is 1.95 bits per heavy atom. The van der Waals surface area contributed by atoms with Crippen molar-refractivity contribution >= 4 is 5.69 Å². The number of nitriles is 1. The van der Waals surface area contributed by atoms with Crippen molar-refractivity contribution in [3.8, 4) is 17.6 Å². The fourth-order valence-electron chi connectivity index (χ4n) is 2.10. The summed E-state index contributed by atoms with van der Waals surface area (Å²) >= 11 is 0. The number of nitrogens with two attached hydrogens (primary N) is 1. The molecule has 3 rings (SSSR count).